The van der Waals surface area contributed by atoms with Crippen LogP contribution in [0, 0.1) is 11.3 Å². The number of hydrogen-bond acceptors (Lipinski definition) is 9. The second-order valence-electron chi connectivity index (χ2n) is 11.3. The lowest BCUT2D eigenvalue weighted by Gasteiger charge is -2.44. The Bertz CT molecular complexity index is 1660. The first-order valence-electron chi connectivity index (χ1n) is 14.9. The Hall–Kier alpha value is -4.81. The van der Waals surface area contributed by atoms with Crippen molar-refractivity contribution in [3.63, 3.8) is 0 Å². The van der Waals surface area contributed by atoms with Gasteiger partial charge in [-0.2, -0.15) is 0 Å². The lowest BCUT2D eigenvalue weighted by molar-refractivity contribution is 0.0394. The van der Waals surface area contributed by atoms with E-state index in [9.17, 15) is 4.79 Å². The number of aromatic nitrogens is 4. The number of aliphatic imine (C=N–C) groups is 1. The van der Waals surface area contributed by atoms with Crippen molar-refractivity contribution >= 4 is 24.0 Å². The molecule has 44 heavy (non-hydrogen) atoms. The zero-order valence-electron chi connectivity index (χ0n) is 24.6. The van der Waals surface area contributed by atoms with E-state index in [2.05, 4.69) is 55.8 Å². The number of fused-ring (bicyclic) bond motifs is 1. The third kappa shape index (κ3) is 6.56. The third-order valence-corrected chi connectivity index (χ3v) is 8.30. The number of H-pyrrole nitrogens is 1. The predicted molar refractivity (Wildman–Crippen MR) is 167 cm³/mol. The van der Waals surface area contributed by atoms with Crippen LogP contribution in [0.5, 0.6) is 0 Å². The average molecular weight is 595 g/mol. The zero-order valence-corrected chi connectivity index (χ0v) is 24.6. The first-order valence-corrected chi connectivity index (χ1v) is 14.9. The van der Waals surface area contributed by atoms with E-state index >= 15 is 0 Å². The van der Waals surface area contributed by atoms with E-state index in [1.165, 1.54) is 0 Å². The Balaban J connectivity index is 1.30. The second-order valence-corrected chi connectivity index (χ2v) is 11.3. The van der Waals surface area contributed by atoms with Gasteiger partial charge in [0, 0.05) is 32.4 Å². The molecule has 4 aromatic rings. The minimum atomic E-state index is -0.298. The molecule has 12 nitrogen and oxygen atoms in total. The number of nitrogens with one attached hydrogen (secondary N) is 2. The van der Waals surface area contributed by atoms with Gasteiger partial charge in [0.25, 0.3) is 0 Å². The molecule has 0 unspecified atom stereocenters. The van der Waals surface area contributed by atoms with E-state index in [4.69, 9.17) is 16.0 Å². The lowest BCUT2D eigenvalue weighted by atomic mass is 9.91. The van der Waals surface area contributed by atoms with Crippen molar-refractivity contribution in [3.05, 3.63) is 102 Å². The van der Waals surface area contributed by atoms with Crippen LogP contribution in [0.3, 0.4) is 0 Å². The molecule has 0 bridgehead atoms. The molecule has 12 heteroatoms. The van der Waals surface area contributed by atoms with Crippen LogP contribution in [0.2, 0.25) is 0 Å². The van der Waals surface area contributed by atoms with Gasteiger partial charge in [0.1, 0.15) is 5.52 Å². The fourth-order valence-electron chi connectivity index (χ4n) is 5.76. The summed E-state index contributed by atoms with van der Waals surface area (Å²) >= 11 is 0. The van der Waals surface area contributed by atoms with Crippen molar-refractivity contribution in [2.45, 2.75) is 31.5 Å². The summed E-state index contributed by atoms with van der Waals surface area (Å²) in [6.45, 7) is 7.13. The molecule has 1 amide bonds. The highest BCUT2D eigenvalue weighted by Crippen LogP contribution is 2.38. The number of allylic oxidation sites excluding steroid dienone is 1. The molecule has 6 rings (SSSR count). The number of carbonyl (C=O) groups excluding carboxylic acids is 1. The standard InChI is InChI=1S/C32H38N10O2/c1-35-26(18-41-22-38-30(33)27-31(41)37-21-36-27)19-42(34)29(25-10-6-3-7-11-25)28(24-8-4-2-5-9-24)39-14-16-40(17-15-39)32(43)44-20-23-12-13-23/h2-11,19,21-23,28-29,33H,1,12-18,20,34H2,(H,36,37)/b26-19-,33-30?/t28-,29+/m1/s1. The van der Waals surface area contributed by atoms with Gasteiger partial charge in [-0.3, -0.25) is 15.3 Å². The van der Waals surface area contributed by atoms with Crippen molar-refractivity contribution in [1.82, 2.24) is 34.3 Å². The van der Waals surface area contributed by atoms with Crippen LogP contribution in [-0.4, -0.2) is 79.9 Å². The fourth-order valence-corrected chi connectivity index (χ4v) is 5.76. The summed E-state index contributed by atoms with van der Waals surface area (Å²) < 4.78 is 7.38. The minimum Gasteiger partial charge on any atom is -0.449 e. The van der Waals surface area contributed by atoms with E-state index in [-0.39, 0.29) is 23.7 Å². The Morgan fingerprint density at radius 1 is 1.09 bits per heavy atom. The topological polar surface area (TPSA) is 145 Å². The normalized spacial score (nSPS) is 17.3. The van der Waals surface area contributed by atoms with Crippen LogP contribution >= 0.6 is 0 Å². The van der Waals surface area contributed by atoms with Gasteiger partial charge in [-0.1, -0.05) is 60.7 Å². The van der Waals surface area contributed by atoms with Gasteiger partial charge < -0.3 is 24.2 Å². The first-order chi connectivity index (χ1) is 21.5. The maximum absolute atomic E-state index is 12.7. The number of ether oxygens (including phenoxy) is 1. The summed E-state index contributed by atoms with van der Waals surface area (Å²) in [6, 6.07) is 20.1. The number of rotatable bonds is 11. The molecule has 1 aliphatic carbocycles. The molecule has 4 N–H and O–H groups in total. The number of nitrogens with two attached hydrogens (primary N) is 1. The summed E-state index contributed by atoms with van der Waals surface area (Å²) in [6.07, 6.45) is 6.99. The maximum atomic E-state index is 12.7. The number of piperazine rings is 1. The number of carbonyl (C=O) groups is 1. The molecule has 0 spiro atoms. The van der Waals surface area contributed by atoms with E-state index in [1.807, 2.05) is 52.1 Å². The minimum absolute atomic E-state index is 0.123. The number of hydrogen-bond donors (Lipinski definition) is 3. The quantitative estimate of drug-likeness (QED) is 0.137. The Labute approximate surface area is 256 Å². The highest BCUT2D eigenvalue weighted by Gasteiger charge is 2.36. The van der Waals surface area contributed by atoms with Crippen LogP contribution in [-0.2, 0) is 11.3 Å². The van der Waals surface area contributed by atoms with Gasteiger partial charge in [0.2, 0.25) is 0 Å². The van der Waals surface area contributed by atoms with Crippen molar-refractivity contribution in [3.8, 4) is 0 Å². The molecule has 2 aromatic carbocycles. The van der Waals surface area contributed by atoms with Crippen LogP contribution in [0.4, 0.5) is 4.79 Å². The SMILES string of the molecule is C=N/C(=C\N(N)[C@@H](c1ccccc1)[C@@H](c1ccccc1)N1CCN(C(=O)OCC2CC2)CC1)Cn1cnc(=N)c2[nH]cnc21. The van der Waals surface area contributed by atoms with Crippen molar-refractivity contribution in [1.29, 1.82) is 5.41 Å². The average Bonchev–Trinajstić information content (AvgIpc) is 3.76. The number of imidazole rings is 1. The molecule has 228 valence electrons. The van der Waals surface area contributed by atoms with Gasteiger partial charge >= 0.3 is 6.09 Å². The molecule has 1 aliphatic heterocycles. The smallest absolute Gasteiger partial charge is 0.409 e. The van der Waals surface area contributed by atoms with Crippen molar-refractivity contribution in [2.75, 3.05) is 32.8 Å². The van der Waals surface area contributed by atoms with Crippen LogP contribution < -0.4 is 11.3 Å². The van der Waals surface area contributed by atoms with Crippen molar-refractivity contribution < 1.29 is 9.53 Å². The Morgan fingerprint density at radius 3 is 2.43 bits per heavy atom. The molecule has 1 saturated heterocycles. The maximum Gasteiger partial charge on any atom is 0.409 e. The second kappa shape index (κ2) is 13.2. The predicted octanol–water partition coefficient (Wildman–Crippen LogP) is 3.60. The van der Waals surface area contributed by atoms with E-state index in [0.29, 0.717) is 62.1 Å². The lowest BCUT2D eigenvalue weighted by Crippen LogP contribution is -2.52. The van der Waals surface area contributed by atoms with Gasteiger partial charge in [0.15, 0.2) is 11.1 Å². The number of hydrazine groups is 1. The molecular formula is C32H38N10O2. The molecule has 2 aliphatic rings. The number of aromatic amines is 1. The zero-order chi connectivity index (χ0) is 30.5. The van der Waals surface area contributed by atoms with E-state index < -0.39 is 0 Å². The van der Waals surface area contributed by atoms with Gasteiger partial charge in [-0.15, -0.1) is 0 Å². The van der Waals surface area contributed by atoms with Gasteiger partial charge in [-0.25, -0.2) is 20.6 Å². The van der Waals surface area contributed by atoms with E-state index in [0.717, 1.165) is 24.0 Å². The molecular weight excluding hydrogens is 556 g/mol. The third-order valence-electron chi connectivity index (χ3n) is 8.30. The molecule has 2 atom stereocenters. The molecule has 2 aromatic heterocycles. The highest BCUT2D eigenvalue weighted by atomic mass is 16.6. The number of amides is 1. The van der Waals surface area contributed by atoms with Crippen molar-refractivity contribution in [2.24, 2.45) is 16.8 Å². The highest BCUT2D eigenvalue weighted by molar-refractivity contribution is 5.68. The Morgan fingerprint density at radius 2 is 1.77 bits per heavy atom. The number of benzene rings is 2. The molecule has 3 heterocycles. The largest absolute Gasteiger partial charge is 0.449 e. The summed E-state index contributed by atoms with van der Waals surface area (Å²) in [4.78, 5) is 32.8. The summed E-state index contributed by atoms with van der Waals surface area (Å²) in [5.41, 5.74) is 4.03. The van der Waals surface area contributed by atoms with E-state index in [1.54, 1.807) is 17.7 Å². The molecule has 0 radical (unpaired) electrons. The van der Waals surface area contributed by atoms with Crippen LogP contribution in [0.1, 0.15) is 36.1 Å². The Kier molecular flexibility index (Phi) is 8.80. The number of nitrogens with zero attached hydrogens (tertiary/aromatic N) is 7. The fraction of sp³-hybridized carbons (Fsp3) is 0.344. The van der Waals surface area contributed by atoms with Gasteiger partial charge in [-0.05, 0) is 36.6 Å². The van der Waals surface area contributed by atoms with Crippen LogP contribution in [0.25, 0.3) is 11.2 Å². The van der Waals surface area contributed by atoms with Gasteiger partial charge in [0.05, 0.1) is 43.6 Å². The molecule has 2 fully saturated rings. The summed E-state index contributed by atoms with van der Waals surface area (Å²) in [7, 11) is 0. The van der Waals surface area contributed by atoms with Crippen LogP contribution in [0.15, 0.2) is 90.2 Å². The monoisotopic (exact) mass is 594 g/mol. The summed E-state index contributed by atoms with van der Waals surface area (Å²) in [5.74, 6) is 7.50. The summed E-state index contributed by atoms with van der Waals surface area (Å²) in [5, 5.41) is 9.77. The first kappa shape index (κ1) is 29.3. The molecule has 1 saturated carbocycles.